The molecule has 1 aromatic rings. The molecule has 0 spiro atoms. The van der Waals surface area contributed by atoms with Crippen molar-refractivity contribution in [3.05, 3.63) is 33.8 Å². The molecule has 1 N–H and O–H groups in total. The smallest absolute Gasteiger partial charge is 0.0454 e. The van der Waals surface area contributed by atoms with Crippen molar-refractivity contribution < 1.29 is 0 Å². The molecule has 1 aliphatic carbocycles. The molecule has 2 rings (SSSR count). The van der Waals surface area contributed by atoms with E-state index in [2.05, 4.69) is 12.2 Å². The van der Waals surface area contributed by atoms with Gasteiger partial charge in [0.05, 0.1) is 0 Å². The molecule has 1 saturated carbocycles. The molecule has 1 unspecified atom stereocenters. The maximum Gasteiger partial charge on any atom is 0.0454 e. The molecule has 0 heterocycles. The summed E-state index contributed by atoms with van der Waals surface area (Å²) in [5.41, 5.74) is 1.15. The second kappa shape index (κ2) is 8.26. The highest BCUT2D eigenvalue weighted by Gasteiger charge is 2.18. The van der Waals surface area contributed by atoms with Crippen molar-refractivity contribution in [3.8, 4) is 0 Å². The maximum absolute atomic E-state index is 6.35. The summed E-state index contributed by atoms with van der Waals surface area (Å²) >= 11 is 12.5. The Morgan fingerprint density at radius 1 is 1.20 bits per heavy atom. The second-order valence-corrected chi connectivity index (χ2v) is 6.70. The van der Waals surface area contributed by atoms with E-state index in [-0.39, 0.29) is 0 Å². The van der Waals surface area contributed by atoms with Gasteiger partial charge in [-0.05, 0) is 49.1 Å². The van der Waals surface area contributed by atoms with Gasteiger partial charge in [0.25, 0.3) is 0 Å². The van der Waals surface area contributed by atoms with E-state index in [1.165, 1.54) is 38.5 Å². The van der Waals surface area contributed by atoms with Crippen LogP contribution in [0.15, 0.2) is 18.2 Å². The summed E-state index contributed by atoms with van der Waals surface area (Å²) in [6.07, 6.45) is 9.50. The van der Waals surface area contributed by atoms with Crippen molar-refractivity contribution in [3.63, 3.8) is 0 Å². The molecule has 1 aliphatic rings. The standard InChI is InChI=1S/C17H25Cl2N/c1-2-20-17(11-8-13-6-4-3-5-7-13)15-12-14(18)9-10-16(15)19/h9-10,12-13,17,20H,2-8,11H2,1H3. The highest BCUT2D eigenvalue weighted by Crippen LogP contribution is 2.33. The fourth-order valence-corrected chi connectivity index (χ4v) is 3.70. The first-order valence-corrected chi connectivity index (χ1v) is 8.64. The summed E-state index contributed by atoms with van der Waals surface area (Å²) < 4.78 is 0. The number of halogens is 2. The van der Waals surface area contributed by atoms with Gasteiger partial charge in [0, 0.05) is 16.1 Å². The van der Waals surface area contributed by atoms with Crippen LogP contribution in [0.3, 0.4) is 0 Å². The minimum Gasteiger partial charge on any atom is -0.310 e. The van der Waals surface area contributed by atoms with Gasteiger partial charge in [0.1, 0.15) is 0 Å². The van der Waals surface area contributed by atoms with Crippen molar-refractivity contribution in [2.75, 3.05) is 6.54 Å². The average molecular weight is 314 g/mol. The van der Waals surface area contributed by atoms with Crippen LogP contribution in [0.2, 0.25) is 10.0 Å². The number of hydrogen-bond acceptors (Lipinski definition) is 1. The molecular weight excluding hydrogens is 289 g/mol. The number of hydrogen-bond donors (Lipinski definition) is 1. The lowest BCUT2D eigenvalue weighted by atomic mass is 9.84. The van der Waals surface area contributed by atoms with Crippen molar-refractivity contribution in [2.45, 2.75) is 57.9 Å². The molecule has 1 aromatic carbocycles. The zero-order valence-corrected chi connectivity index (χ0v) is 13.8. The SMILES string of the molecule is CCNC(CCC1CCCCC1)c1cc(Cl)ccc1Cl. The normalized spacial score (nSPS) is 18.1. The molecule has 112 valence electrons. The van der Waals surface area contributed by atoms with Crippen LogP contribution in [0.5, 0.6) is 0 Å². The Labute approximate surface area is 133 Å². The highest BCUT2D eigenvalue weighted by molar-refractivity contribution is 6.33. The van der Waals surface area contributed by atoms with Crippen LogP contribution in [-0.4, -0.2) is 6.54 Å². The Morgan fingerprint density at radius 3 is 2.65 bits per heavy atom. The van der Waals surface area contributed by atoms with Crippen LogP contribution in [0.1, 0.15) is 63.5 Å². The third kappa shape index (κ3) is 4.65. The molecule has 1 nitrogen and oxygen atoms in total. The Bertz CT molecular complexity index is 413. The van der Waals surface area contributed by atoms with Crippen molar-refractivity contribution >= 4 is 23.2 Å². The van der Waals surface area contributed by atoms with Crippen LogP contribution in [-0.2, 0) is 0 Å². The number of benzene rings is 1. The van der Waals surface area contributed by atoms with Gasteiger partial charge in [-0.25, -0.2) is 0 Å². The molecule has 0 amide bonds. The fourth-order valence-electron chi connectivity index (χ4n) is 3.27. The topological polar surface area (TPSA) is 12.0 Å². The van der Waals surface area contributed by atoms with E-state index in [0.717, 1.165) is 34.5 Å². The van der Waals surface area contributed by atoms with E-state index in [9.17, 15) is 0 Å². The summed E-state index contributed by atoms with van der Waals surface area (Å²) in [6, 6.07) is 6.10. The van der Waals surface area contributed by atoms with Crippen molar-refractivity contribution in [2.24, 2.45) is 5.92 Å². The number of rotatable bonds is 6. The van der Waals surface area contributed by atoms with Gasteiger partial charge in [0.15, 0.2) is 0 Å². The summed E-state index contributed by atoms with van der Waals surface area (Å²) in [6.45, 7) is 3.10. The van der Waals surface area contributed by atoms with Gasteiger partial charge in [-0.3, -0.25) is 0 Å². The van der Waals surface area contributed by atoms with Crippen LogP contribution in [0.4, 0.5) is 0 Å². The lowest BCUT2D eigenvalue weighted by Crippen LogP contribution is -2.22. The highest BCUT2D eigenvalue weighted by atomic mass is 35.5. The fraction of sp³-hybridized carbons (Fsp3) is 0.647. The first-order valence-electron chi connectivity index (χ1n) is 7.89. The maximum atomic E-state index is 6.35. The van der Waals surface area contributed by atoms with E-state index >= 15 is 0 Å². The summed E-state index contributed by atoms with van der Waals surface area (Å²) in [7, 11) is 0. The Balaban J connectivity index is 2.00. The first-order chi connectivity index (χ1) is 9.70. The van der Waals surface area contributed by atoms with E-state index in [1.54, 1.807) is 0 Å². The Hall–Kier alpha value is -0.240. The molecule has 1 fully saturated rings. The molecule has 20 heavy (non-hydrogen) atoms. The molecule has 0 aliphatic heterocycles. The Morgan fingerprint density at radius 2 is 1.95 bits per heavy atom. The van der Waals surface area contributed by atoms with E-state index < -0.39 is 0 Å². The van der Waals surface area contributed by atoms with E-state index in [1.807, 2.05) is 18.2 Å². The van der Waals surface area contributed by atoms with E-state index in [0.29, 0.717) is 6.04 Å². The predicted octanol–water partition coefficient (Wildman–Crippen LogP) is 6.00. The molecule has 3 heteroatoms. The zero-order valence-electron chi connectivity index (χ0n) is 12.3. The second-order valence-electron chi connectivity index (χ2n) is 5.86. The van der Waals surface area contributed by atoms with Gasteiger partial charge < -0.3 is 5.32 Å². The lowest BCUT2D eigenvalue weighted by molar-refractivity contribution is 0.315. The van der Waals surface area contributed by atoms with Gasteiger partial charge >= 0.3 is 0 Å². The minimum absolute atomic E-state index is 0.327. The minimum atomic E-state index is 0.327. The van der Waals surface area contributed by atoms with Gasteiger partial charge in [-0.2, -0.15) is 0 Å². The molecule has 0 saturated heterocycles. The molecule has 0 aromatic heterocycles. The first kappa shape index (κ1) is 16.1. The van der Waals surface area contributed by atoms with Gasteiger partial charge in [0.2, 0.25) is 0 Å². The quantitative estimate of drug-likeness (QED) is 0.678. The summed E-state index contributed by atoms with van der Waals surface area (Å²) in [5.74, 6) is 0.905. The monoisotopic (exact) mass is 313 g/mol. The lowest BCUT2D eigenvalue weighted by Gasteiger charge is -2.25. The predicted molar refractivity (Wildman–Crippen MR) is 88.7 cm³/mol. The number of nitrogens with one attached hydrogen (secondary N) is 1. The molecule has 1 atom stereocenters. The van der Waals surface area contributed by atoms with Crippen LogP contribution < -0.4 is 5.32 Å². The van der Waals surface area contributed by atoms with Gasteiger partial charge in [-0.1, -0.05) is 62.2 Å². The summed E-state index contributed by atoms with van der Waals surface area (Å²) in [5, 5.41) is 5.16. The van der Waals surface area contributed by atoms with Crippen LogP contribution >= 0.6 is 23.2 Å². The third-order valence-corrected chi connectivity index (χ3v) is 4.95. The van der Waals surface area contributed by atoms with Crippen LogP contribution in [0, 0.1) is 5.92 Å². The third-order valence-electron chi connectivity index (χ3n) is 4.37. The largest absolute Gasteiger partial charge is 0.310 e. The molecule has 0 radical (unpaired) electrons. The van der Waals surface area contributed by atoms with E-state index in [4.69, 9.17) is 23.2 Å². The van der Waals surface area contributed by atoms with Crippen molar-refractivity contribution in [1.29, 1.82) is 0 Å². The molecule has 0 bridgehead atoms. The van der Waals surface area contributed by atoms with Crippen molar-refractivity contribution in [1.82, 2.24) is 5.32 Å². The van der Waals surface area contributed by atoms with Crippen LogP contribution in [0.25, 0.3) is 0 Å². The van der Waals surface area contributed by atoms with Gasteiger partial charge in [-0.15, -0.1) is 0 Å². The summed E-state index contributed by atoms with van der Waals surface area (Å²) in [4.78, 5) is 0. The zero-order chi connectivity index (χ0) is 14.4. The Kier molecular flexibility index (Phi) is 6.67. The average Bonchev–Trinajstić information content (AvgIpc) is 2.47. The molecular formula is C17H25Cl2N.